The van der Waals surface area contributed by atoms with Crippen LogP contribution in [-0.4, -0.2) is 41.5 Å². The van der Waals surface area contributed by atoms with E-state index in [0.29, 0.717) is 38.8 Å². The van der Waals surface area contributed by atoms with E-state index < -0.39 is 31.7 Å². The summed E-state index contributed by atoms with van der Waals surface area (Å²) in [6.07, 6.45) is 2.25. The number of aromatic nitrogens is 1. The Kier molecular flexibility index (Phi) is 7.48. The molecular weight excluding hydrogens is 610 g/mol. The van der Waals surface area contributed by atoms with Gasteiger partial charge >= 0.3 is 7.12 Å². The van der Waals surface area contributed by atoms with E-state index in [1.54, 1.807) is 36.4 Å². The molecule has 7 nitrogen and oxygen atoms in total. The van der Waals surface area contributed by atoms with Crippen molar-refractivity contribution >= 4 is 64.5 Å². The van der Waals surface area contributed by atoms with E-state index in [1.165, 1.54) is 6.07 Å². The highest BCUT2D eigenvalue weighted by molar-refractivity contribution is 6.62. The predicted octanol–water partition coefficient (Wildman–Crippen LogP) is 5.72. The predicted molar refractivity (Wildman–Crippen MR) is 158 cm³/mol. The molecule has 1 atom stereocenters. The summed E-state index contributed by atoms with van der Waals surface area (Å²) in [4.78, 5) is 19.1. The topological polar surface area (TPSA) is 84.6 Å². The highest BCUT2D eigenvalue weighted by atomic mass is 35.5. The molecule has 2 aromatic carbocycles. The largest absolute Gasteiger partial charge is 0.492 e. The minimum Gasteiger partial charge on any atom is -0.423 e. The number of fused-ring (bicyclic) bond motifs is 2. The van der Waals surface area contributed by atoms with Crippen LogP contribution in [0.3, 0.4) is 0 Å². The normalized spacial score (nSPS) is 19.1. The first kappa shape index (κ1) is 29.0. The van der Waals surface area contributed by atoms with Crippen molar-refractivity contribution in [2.45, 2.75) is 31.1 Å². The molecule has 6 rings (SSSR count). The van der Waals surface area contributed by atoms with Gasteiger partial charge in [0.2, 0.25) is 0 Å². The van der Waals surface area contributed by atoms with Crippen LogP contribution >= 0.6 is 34.8 Å². The Morgan fingerprint density at radius 1 is 1.12 bits per heavy atom. The number of hydrogen-bond acceptors (Lipinski definition) is 5. The third kappa shape index (κ3) is 4.75. The van der Waals surface area contributed by atoms with Gasteiger partial charge in [0.1, 0.15) is 24.7 Å². The summed E-state index contributed by atoms with van der Waals surface area (Å²) in [7, 11) is -1.45. The van der Waals surface area contributed by atoms with E-state index in [1.807, 2.05) is 29.7 Å². The Labute approximate surface area is 255 Å². The van der Waals surface area contributed by atoms with Gasteiger partial charge < -0.3 is 24.2 Å². The van der Waals surface area contributed by atoms with Gasteiger partial charge in [0.15, 0.2) is 5.60 Å². The Morgan fingerprint density at radius 3 is 2.57 bits per heavy atom. The van der Waals surface area contributed by atoms with Crippen LogP contribution in [0.2, 0.25) is 15.1 Å². The first-order chi connectivity index (χ1) is 20.1. The molecule has 0 saturated heterocycles. The van der Waals surface area contributed by atoms with Crippen LogP contribution in [0, 0.1) is 0 Å². The maximum Gasteiger partial charge on any atom is 0.492 e. The Hall–Kier alpha value is -3.15. The number of hydrogen-bond donors (Lipinski definition) is 2. The van der Waals surface area contributed by atoms with Crippen LogP contribution in [0.15, 0.2) is 65.9 Å². The lowest BCUT2D eigenvalue weighted by Crippen LogP contribution is -2.33. The number of benzene rings is 2. The SMILES string of the molecule is CC1(c2cc(Cl)c(Cl)c(Cl)c2)CC(c2ccc(C(=O)NCc3ccc4c(c3)B(O)OC4(CF)CF)c3cccn23)=NO1. The first-order valence-electron chi connectivity index (χ1n) is 13.0. The van der Waals surface area contributed by atoms with Crippen LogP contribution in [-0.2, 0) is 27.2 Å². The van der Waals surface area contributed by atoms with Gasteiger partial charge in [-0.3, -0.25) is 4.79 Å². The molecule has 1 unspecified atom stereocenters. The van der Waals surface area contributed by atoms with E-state index in [9.17, 15) is 18.6 Å². The maximum atomic E-state index is 13.6. The number of halogens is 5. The summed E-state index contributed by atoms with van der Waals surface area (Å²) in [5, 5.41) is 18.4. The average molecular weight is 633 g/mol. The number of carbonyl (C=O) groups is 1. The van der Waals surface area contributed by atoms with E-state index in [0.717, 1.165) is 11.3 Å². The maximum absolute atomic E-state index is 13.6. The number of alkyl halides is 2. The lowest BCUT2D eigenvalue weighted by molar-refractivity contribution is -0.00737. The molecule has 0 bridgehead atoms. The van der Waals surface area contributed by atoms with Gasteiger partial charge in [-0.25, -0.2) is 8.78 Å². The van der Waals surface area contributed by atoms with E-state index in [-0.39, 0.29) is 28.5 Å². The summed E-state index contributed by atoms with van der Waals surface area (Å²) in [6.45, 7) is -0.201. The van der Waals surface area contributed by atoms with Crippen molar-refractivity contribution in [3.63, 3.8) is 0 Å². The molecule has 216 valence electrons. The van der Waals surface area contributed by atoms with Gasteiger partial charge in [-0.15, -0.1) is 0 Å². The summed E-state index contributed by atoms with van der Waals surface area (Å²) in [5.41, 5.74) is 1.79. The number of rotatable bonds is 7. The first-order valence-corrected chi connectivity index (χ1v) is 14.1. The zero-order valence-corrected chi connectivity index (χ0v) is 24.4. The average Bonchev–Trinajstić information content (AvgIpc) is 3.71. The van der Waals surface area contributed by atoms with Crippen LogP contribution in [0.4, 0.5) is 8.78 Å². The lowest BCUT2D eigenvalue weighted by atomic mass is 9.77. The van der Waals surface area contributed by atoms with Crippen molar-refractivity contribution in [1.29, 1.82) is 0 Å². The van der Waals surface area contributed by atoms with E-state index in [2.05, 4.69) is 10.5 Å². The lowest BCUT2D eigenvalue weighted by Gasteiger charge is -2.23. The number of amides is 1. The fourth-order valence-corrected chi connectivity index (χ4v) is 6.06. The summed E-state index contributed by atoms with van der Waals surface area (Å²) < 4.78 is 34.2. The molecule has 2 aliphatic heterocycles. The van der Waals surface area contributed by atoms with Crippen molar-refractivity contribution in [2.24, 2.45) is 5.16 Å². The van der Waals surface area contributed by atoms with Crippen molar-refractivity contribution in [3.8, 4) is 0 Å². The zero-order valence-electron chi connectivity index (χ0n) is 22.1. The molecule has 42 heavy (non-hydrogen) atoms. The Balaban J connectivity index is 1.20. The molecule has 0 radical (unpaired) electrons. The Bertz CT molecular complexity index is 1740. The second-order valence-corrected chi connectivity index (χ2v) is 11.7. The number of nitrogens with zero attached hydrogens (tertiary/aromatic N) is 2. The highest BCUT2D eigenvalue weighted by Crippen LogP contribution is 2.41. The van der Waals surface area contributed by atoms with Gasteiger partial charge in [-0.1, -0.05) is 58.2 Å². The third-order valence-electron chi connectivity index (χ3n) is 7.78. The van der Waals surface area contributed by atoms with Crippen LogP contribution in [0.1, 0.15) is 46.1 Å². The van der Waals surface area contributed by atoms with E-state index >= 15 is 0 Å². The molecule has 2 aromatic heterocycles. The van der Waals surface area contributed by atoms with Gasteiger partial charge in [0, 0.05) is 24.7 Å². The molecule has 0 aliphatic carbocycles. The van der Waals surface area contributed by atoms with Crippen LogP contribution in [0.25, 0.3) is 5.52 Å². The fraction of sp³-hybridized carbons (Fsp3) is 0.241. The number of oxime groups is 1. The van der Waals surface area contributed by atoms with E-state index in [4.69, 9.17) is 44.3 Å². The van der Waals surface area contributed by atoms with Gasteiger partial charge in [0.25, 0.3) is 5.91 Å². The van der Waals surface area contributed by atoms with Crippen molar-refractivity contribution in [2.75, 3.05) is 13.3 Å². The summed E-state index contributed by atoms with van der Waals surface area (Å²) in [6, 6.07) is 15.3. The second kappa shape index (κ2) is 10.8. The quantitative estimate of drug-likeness (QED) is 0.202. The molecular formula is C29H23BCl3F2N3O4. The van der Waals surface area contributed by atoms with Gasteiger partial charge in [-0.2, -0.15) is 0 Å². The summed E-state index contributed by atoms with van der Waals surface area (Å²) in [5.74, 6) is -0.329. The second-order valence-electron chi connectivity index (χ2n) is 10.5. The molecule has 1 amide bonds. The number of carbonyl (C=O) groups excluding carboxylic acids is 1. The molecule has 13 heteroatoms. The van der Waals surface area contributed by atoms with Gasteiger partial charge in [0.05, 0.1) is 31.8 Å². The van der Waals surface area contributed by atoms with Crippen molar-refractivity contribution in [1.82, 2.24) is 9.72 Å². The molecule has 2 N–H and O–H groups in total. The number of nitrogens with one attached hydrogen (secondary N) is 1. The Morgan fingerprint density at radius 2 is 1.86 bits per heavy atom. The standard InChI is InChI=1S/C29H23BCl3F2N3O4/c1-28(17-10-21(31)26(33)22(32)11-17)12-23(37-42-28)25-7-5-18(24-3-2-8-38(24)25)27(39)36-13-16-4-6-19-20(9-16)30(40)41-29(19,14-34)15-35/h2-11,40H,12-15H2,1H3,(H,36,39). The number of pyridine rings is 1. The summed E-state index contributed by atoms with van der Waals surface area (Å²) >= 11 is 18.6. The van der Waals surface area contributed by atoms with Crippen molar-refractivity contribution in [3.05, 3.63) is 104 Å². The molecule has 0 saturated carbocycles. The molecule has 4 heterocycles. The van der Waals surface area contributed by atoms with Crippen molar-refractivity contribution < 1.29 is 28.1 Å². The highest BCUT2D eigenvalue weighted by Gasteiger charge is 2.47. The minimum absolute atomic E-state index is 0.122. The van der Waals surface area contributed by atoms with Crippen LogP contribution in [0.5, 0.6) is 0 Å². The van der Waals surface area contributed by atoms with Gasteiger partial charge in [-0.05, 0) is 59.9 Å². The molecule has 0 spiro atoms. The molecule has 4 aromatic rings. The monoisotopic (exact) mass is 631 g/mol. The molecule has 0 fully saturated rings. The minimum atomic E-state index is -1.81. The molecule has 2 aliphatic rings. The zero-order chi connectivity index (χ0) is 29.8. The fourth-order valence-electron chi connectivity index (χ4n) is 5.46. The third-order valence-corrected chi connectivity index (χ3v) is 8.98. The smallest absolute Gasteiger partial charge is 0.423 e. The van der Waals surface area contributed by atoms with Crippen LogP contribution < -0.4 is 10.8 Å².